The highest BCUT2D eigenvalue weighted by Crippen LogP contribution is 1.90. The lowest BCUT2D eigenvalue weighted by Gasteiger charge is -2.16. The lowest BCUT2D eigenvalue weighted by Crippen LogP contribution is -2.46. The summed E-state index contributed by atoms with van der Waals surface area (Å²) in [6, 6.07) is -0.759. The summed E-state index contributed by atoms with van der Waals surface area (Å²) in [6.07, 6.45) is -2.51. The van der Waals surface area contributed by atoms with Crippen LogP contribution in [0.1, 0.15) is 6.92 Å². The molecule has 64 valence electrons. The Hall–Kier alpha value is -1.30. The van der Waals surface area contributed by atoms with Crippen LogP contribution in [0.25, 0.3) is 0 Å². The van der Waals surface area contributed by atoms with Gasteiger partial charge in [-0.15, -0.1) is 0 Å². The van der Waals surface area contributed by atoms with Crippen molar-refractivity contribution in [2.45, 2.75) is 19.1 Å². The van der Waals surface area contributed by atoms with E-state index in [1.54, 1.807) is 0 Å². The van der Waals surface area contributed by atoms with E-state index >= 15 is 0 Å². The molecule has 0 spiro atoms. The fourth-order valence-corrected chi connectivity index (χ4v) is 0.543. The van der Waals surface area contributed by atoms with Crippen molar-refractivity contribution in [3.8, 4) is 0 Å². The summed E-state index contributed by atoms with van der Waals surface area (Å²) in [6.45, 7) is 1.42. The highest BCUT2D eigenvalue weighted by atomic mass is 16.4. The normalized spacial score (nSPS) is 15.1. The Kier molecular flexibility index (Phi) is 3.32. The molecule has 0 bridgehead atoms. The van der Waals surface area contributed by atoms with Crippen LogP contribution in [-0.4, -0.2) is 34.3 Å². The van der Waals surface area contributed by atoms with Gasteiger partial charge in [-0.1, -0.05) is 0 Å². The molecule has 2 atom stereocenters. The minimum Gasteiger partial charge on any atom is -0.465 e. The van der Waals surface area contributed by atoms with Gasteiger partial charge in [0.1, 0.15) is 11.9 Å². The minimum atomic E-state index is -1.26. The van der Waals surface area contributed by atoms with Gasteiger partial charge < -0.3 is 21.3 Å². The van der Waals surface area contributed by atoms with E-state index in [-0.39, 0.29) is 0 Å². The molecule has 1 unspecified atom stereocenters. The van der Waals surface area contributed by atoms with Gasteiger partial charge in [-0.25, -0.2) is 4.79 Å². The van der Waals surface area contributed by atoms with Gasteiger partial charge in [-0.3, -0.25) is 5.41 Å². The number of rotatable bonds is 3. The first-order valence-electron chi connectivity index (χ1n) is 2.96. The standard InChI is InChI=1S/C5H11N3O3/c1-2(8-5(10)11)3(9)4(6)7/h2-3,8-9H,1H3,(H3,6,7)(H,10,11)/t2-,3?/m0/s1. The number of amides is 1. The van der Waals surface area contributed by atoms with E-state index in [2.05, 4.69) is 0 Å². The van der Waals surface area contributed by atoms with Crippen LogP contribution in [0.5, 0.6) is 0 Å². The van der Waals surface area contributed by atoms with Gasteiger partial charge in [0.25, 0.3) is 0 Å². The van der Waals surface area contributed by atoms with Crippen molar-refractivity contribution >= 4 is 11.9 Å². The number of aliphatic hydroxyl groups is 1. The molecule has 0 aromatic heterocycles. The topological polar surface area (TPSA) is 119 Å². The molecule has 0 heterocycles. The van der Waals surface area contributed by atoms with Crippen molar-refractivity contribution in [3.05, 3.63) is 0 Å². The van der Waals surface area contributed by atoms with Crippen LogP contribution >= 0.6 is 0 Å². The van der Waals surface area contributed by atoms with Crippen molar-refractivity contribution in [3.63, 3.8) is 0 Å². The smallest absolute Gasteiger partial charge is 0.404 e. The summed E-state index contributed by atoms with van der Waals surface area (Å²) in [5.74, 6) is -0.453. The predicted octanol–water partition coefficient (Wildman–Crippen LogP) is -1.06. The third-order valence-corrected chi connectivity index (χ3v) is 1.14. The first-order chi connectivity index (χ1) is 4.95. The molecule has 0 radical (unpaired) electrons. The number of hydrogen-bond acceptors (Lipinski definition) is 3. The number of carbonyl (C=O) groups is 1. The number of aliphatic hydroxyl groups excluding tert-OH is 1. The van der Waals surface area contributed by atoms with Gasteiger partial charge >= 0.3 is 6.09 Å². The third-order valence-electron chi connectivity index (χ3n) is 1.14. The van der Waals surface area contributed by atoms with Crippen molar-refractivity contribution in [2.24, 2.45) is 5.73 Å². The van der Waals surface area contributed by atoms with E-state index in [4.69, 9.17) is 21.4 Å². The summed E-state index contributed by atoms with van der Waals surface area (Å²) in [7, 11) is 0. The highest BCUT2D eigenvalue weighted by Gasteiger charge is 2.17. The molecule has 6 N–H and O–H groups in total. The molecular formula is C5H11N3O3. The van der Waals surface area contributed by atoms with Gasteiger partial charge in [-0.2, -0.15) is 0 Å². The van der Waals surface area contributed by atoms with Gasteiger partial charge in [0, 0.05) is 0 Å². The molecule has 0 saturated heterocycles. The van der Waals surface area contributed by atoms with E-state index in [1.807, 2.05) is 5.32 Å². The van der Waals surface area contributed by atoms with Crippen molar-refractivity contribution in [1.29, 1.82) is 5.41 Å². The molecular weight excluding hydrogens is 150 g/mol. The van der Waals surface area contributed by atoms with Crippen LogP contribution in [0.3, 0.4) is 0 Å². The molecule has 6 nitrogen and oxygen atoms in total. The Balaban J connectivity index is 3.92. The molecule has 0 fully saturated rings. The molecule has 6 heteroatoms. The SMILES string of the molecule is C[C@H](NC(=O)O)C(O)C(=N)N. The number of hydrogen-bond donors (Lipinski definition) is 5. The Morgan fingerprint density at radius 1 is 1.73 bits per heavy atom. The maximum atomic E-state index is 10.0. The van der Waals surface area contributed by atoms with Crippen LogP contribution in [-0.2, 0) is 0 Å². The summed E-state index contributed by atoms with van der Waals surface area (Å²) in [5.41, 5.74) is 4.91. The van der Waals surface area contributed by atoms with Crippen LogP contribution < -0.4 is 11.1 Å². The zero-order valence-corrected chi connectivity index (χ0v) is 6.03. The first kappa shape index (κ1) is 9.70. The lowest BCUT2D eigenvalue weighted by molar-refractivity contribution is 0.164. The van der Waals surface area contributed by atoms with Crippen molar-refractivity contribution < 1.29 is 15.0 Å². The van der Waals surface area contributed by atoms with Crippen molar-refractivity contribution in [1.82, 2.24) is 5.32 Å². The van der Waals surface area contributed by atoms with Gasteiger partial charge in [0.2, 0.25) is 0 Å². The van der Waals surface area contributed by atoms with Crippen LogP contribution in [0.15, 0.2) is 0 Å². The largest absolute Gasteiger partial charge is 0.465 e. The molecule has 0 aliphatic heterocycles. The van der Waals surface area contributed by atoms with Gasteiger partial charge in [0.05, 0.1) is 6.04 Å². The lowest BCUT2D eigenvalue weighted by atomic mass is 10.2. The van der Waals surface area contributed by atoms with E-state index in [0.717, 1.165) is 0 Å². The molecule has 0 aliphatic rings. The number of nitrogens with two attached hydrogens (primary N) is 1. The molecule has 0 rings (SSSR count). The molecule has 0 aromatic rings. The number of amidine groups is 1. The van der Waals surface area contributed by atoms with E-state index in [1.165, 1.54) is 6.92 Å². The number of carboxylic acid groups (broad SMARTS) is 1. The summed E-state index contributed by atoms with van der Waals surface area (Å²) < 4.78 is 0. The Labute approximate surface area is 63.5 Å². The maximum absolute atomic E-state index is 10.0. The van der Waals surface area contributed by atoms with Crippen LogP contribution in [0.4, 0.5) is 4.79 Å². The molecule has 0 aliphatic carbocycles. The first-order valence-corrected chi connectivity index (χ1v) is 2.96. The fourth-order valence-electron chi connectivity index (χ4n) is 0.543. The zero-order valence-electron chi connectivity index (χ0n) is 6.03. The second-order valence-electron chi connectivity index (χ2n) is 2.14. The van der Waals surface area contributed by atoms with Crippen LogP contribution in [0.2, 0.25) is 0 Å². The minimum absolute atomic E-state index is 0.453. The Morgan fingerprint density at radius 2 is 2.18 bits per heavy atom. The highest BCUT2D eigenvalue weighted by molar-refractivity contribution is 5.82. The number of nitrogens with one attached hydrogen (secondary N) is 2. The quantitative estimate of drug-likeness (QED) is 0.267. The molecule has 11 heavy (non-hydrogen) atoms. The third kappa shape index (κ3) is 3.41. The Bertz CT molecular complexity index is 170. The second kappa shape index (κ2) is 3.77. The summed E-state index contributed by atoms with van der Waals surface area (Å²) in [4.78, 5) is 10.0. The van der Waals surface area contributed by atoms with Gasteiger partial charge in [0.15, 0.2) is 0 Å². The van der Waals surface area contributed by atoms with Crippen LogP contribution in [0, 0.1) is 5.41 Å². The fraction of sp³-hybridized carbons (Fsp3) is 0.600. The average molecular weight is 161 g/mol. The van der Waals surface area contributed by atoms with E-state index in [9.17, 15) is 4.79 Å². The monoisotopic (exact) mass is 161 g/mol. The second-order valence-corrected chi connectivity index (χ2v) is 2.14. The Morgan fingerprint density at radius 3 is 2.45 bits per heavy atom. The predicted molar refractivity (Wildman–Crippen MR) is 38.5 cm³/mol. The summed E-state index contributed by atoms with van der Waals surface area (Å²) in [5, 5.41) is 25.9. The van der Waals surface area contributed by atoms with Crippen molar-refractivity contribution in [2.75, 3.05) is 0 Å². The maximum Gasteiger partial charge on any atom is 0.404 e. The van der Waals surface area contributed by atoms with Gasteiger partial charge in [-0.05, 0) is 6.92 Å². The average Bonchev–Trinajstić information content (AvgIpc) is 1.84. The van der Waals surface area contributed by atoms with E-state index in [0.29, 0.717) is 0 Å². The van der Waals surface area contributed by atoms with E-state index < -0.39 is 24.1 Å². The molecule has 0 saturated carbocycles. The summed E-state index contributed by atoms with van der Waals surface area (Å²) >= 11 is 0. The zero-order chi connectivity index (χ0) is 9.02. The molecule has 0 aromatic carbocycles. The molecule has 1 amide bonds.